The van der Waals surface area contributed by atoms with Gasteiger partial charge in [0.05, 0.1) is 18.0 Å². The second-order valence-electron chi connectivity index (χ2n) is 7.43. The van der Waals surface area contributed by atoms with E-state index >= 15 is 0 Å². The van der Waals surface area contributed by atoms with Gasteiger partial charge in [-0.25, -0.2) is 8.42 Å². The Bertz CT molecular complexity index is 1110. The van der Waals surface area contributed by atoms with Crippen molar-refractivity contribution in [2.24, 2.45) is 0 Å². The maximum atomic E-state index is 13.0. The van der Waals surface area contributed by atoms with Crippen LogP contribution in [0.1, 0.15) is 28.3 Å². The van der Waals surface area contributed by atoms with E-state index in [1.165, 1.54) is 0 Å². The first kappa shape index (κ1) is 21.6. The van der Waals surface area contributed by atoms with Crippen LogP contribution in [0, 0.1) is 13.8 Å². The molecule has 1 unspecified atom stereocenters. The summed E-state index contributed by atoms with van der Waals surface area (Å²) in [4.78, 5) is 13.0. The van der Waals surface area contributed by atoms with Gasteiger partial charge in [0, 0.05) is 0 Å². The molecule has 0 fully saturated rings. The van der Waals surface area contributed by atoms with Gasteiger partial charge in [-0.1, -0.05) is 72.3 Å². The Balaban J connectivity index is 1.88. The molecule has 6 heteroatoms. The van der Waals surface area contributed by atoms with Crippen molar-refractivity contribution in [1.29, 1.82) is 0 Å². The second-order valence-corrected chi connectivity index (χ2v) is 9.34. The van der Waals surface area contributed by atoms with E-state index < -0.39 is 10.0 Å². The van der Waals surface area contributed by atoms with Gasteiger partial charge < -0.3 is 5.32 Å². The third kappa shape index (κ3) is 5.48. The van der Waals surface area contributed by atoms with Gasteiger partial charge in [-0.2, -0.15) is 0 Å². The standard InChI is InChI=1S/C24H26N2O3S/c1-18-12-14-21(15-13-18)24(20-9-5-4-6-10-20)25-23(27)17-26(30(3,28)29)22-11-7-8-19(2)16-22/h4-16,24H,17H2,1-3H3,(H,25,27). The third-order valence-electron chi connectivity index (χ3n) is 4.83. The lowest BCUT2D eigenvalue weighted by Crippen LogP contribution is -2.41. The maximum absolute atomic E-state index is 13.0. The van der Waals surface area contributed by atoms with Gasteiger partial charge >= 0.3 is 0 Å². The van der Waals surface area contributed by atoms with Crippen LogP contribution in [0.2, 0.25) is 0 Å². The molecule has 3 aromatic rings. The number of hydrogen-bond donors (Lipinski definition) is 1. The molecule has 3 aromatic carbocycles. The fourth-order valence-corrected chi connectivity index (χ4v) is 4.13. The molecule has 1 N–H and O–H groups in total. The lowest BCUT2D eigenvalue weighted by atomic mass is 9.98. The average Bonchev–Trinajstić information content (AvgIpc) is 2.71. The van der Waals surface area contributed by atoms with E-state index in [1.807, 2.05) is 74.5 Å². The number of carbonyl (C=O) groups excluding carboxylic acids is 1. The lowest BCUT2D eigenvalue weighted by Gasteiger charge is -2.25. The summed E-state index contributed by atoms with van der Waals surface area (Å²) in [5.74, 6) is -0.378. The van der Waals surface area contributed by atoms with E-state index in [1.54, 1.807) is 18.2 Å². The molecule has 0 aliphatic heterocycles. The minimum Gasteiger partial charge on any atom is -0.344 e. The summed E-state index contributed by atoms with van der Waals surface area (Å²) in [5.41, 5.74) is 4.37. The summed E-state index contributed by atoms with van der Waals surface area (Å²) in [7, 11) is -3.63. The van der Waals surface area contributed by atoms with Crippen molar-refractivity contribution in [3.63, 3.8) is 0 Å². The summed E-state index contributed by atoms with van der Waals surface area (Å²) in [6.07, 6.45) is 1.11. The summed E-state index contributed by atoms with van der Waals surface area (Å²) in [5, 5.41) is 3.01. The first-order chi connectivity index (χ1) is 14.2. The number of rotatable bonds is 7. The van der Waals surface area contributed by atoms with E-state index in [4.69, 9.17) is 0 Å². The van der Waals surface area contributed by atoms with Crippen LogP contribution >= 0.6 is 0 Å². The second kappa shape index (κ2) is 9.13. The normalized spacial score (nSPS) is 12.2. The largest absolute Gasteiger partial charge is 0.344 e. The molecule has 0 radical (unpaired) electrons. The van der Waals surface area contributed by atoms with Gasteiger partial charge in [0.1, 0.15) is 6.54 Å². The molecule has 0 aromatic heterocycles. The highest BCUT2D eigenvalue weighted by molar-refractivity contribution is 7.92. The molecular formula is C24H26N2O3S. The predicted octanol–water partition coefficient (Wildman–Crippen LogP) is 3.98. The van der Waals surface area contributed by atoms with Crippen LogP contribution in [0.3, 0.4) is 0 Å². The van der Waals surface area contributed by atoms with Crippen molar-refractivity contribution in [2.75, 3.05) is 17.1 Å². The van der Waals surface area contributed by atoms with E-state index in [0.717, 1.165) is 32.8 Å². The molecule has 30 heavy (non-hydrogen) atoms. The molecule has 0 aliphatic rings. The van der Waals surface area contributed by atoms with Crippen molar-refractivity contribution in [2.45, 2.75) is 19.9 Å². The Morgan fingerprint density at radius 2 is 1.50 bits per heavy atom. The van der Waals surface area contributed by atoms with E-state index in [0.29, 0.717) is 5.69 Å². The van der Waals surface area contributed by atoms with E-state index in [-0.39, 0.29) is 18.5 Å². The van der Waals surface area contributed by atoms with Crippen LogP contribution in [0.4, 0.5) is 5.69 Å². The van der Waals surface area contributed by atoms with Gasteiger partial charge in [-0.05, 0) is 42.7 Å². The molecule has 0 heterocycles. The minimum atomic E-state index is -3.63. The smallest absolute Gasteiger partial charge is 0.241 e. The summed E-state index contributed by atoms with van der Waals surface area (Å²) < 4.78 is 25.9. The minimum absolute atomic E-state index is 0.294. The number of hydrogen-bond acceptors (Lipinski definition) is 3. The van der Waals surface area contributed by atoms with Gasteiger partial charge in [0.2, 0.25) is 15.9 Å². The van der Waals surface area contributed by atoms with Gasteiger partial charge in [-0.15, -0.1) is 0 Å². The maximum Gasteiger partial charge on any atom is 0.241 e. The van der Waals surface area contributed by atoms with Crippen LogP contribution < -0.4 is 9.62 Å². The molecule has 0 saturated heterocycles. The van der Waals surface area contributed by atoms with Gasteiger partial charge in [0.25, 0.3) is 0 Å². The fourth-order valence-electron chi connectivity index (χ4n) is 3.28. The zero-order chi connectivity index (χ0) is 21.7. The summed E-state index contributed by atoms with van der Waals surface area (Å²) in [6, 6.07) is 24.3. The van der Waals surface area contributed by atoms with Crippen molar-refractivity contribution < 1.29 is 13.2 Å². The first-order valence-electron chi connectivity index (χ1n) is 9.69. The number of amides is 1. The number of anilines is 1. The number of nitrogens with zero attached hydrogens (tertiary/aromatic N) is 1. The zero-order valence-electron chi connectivity index (χ0n) is 17.4. The molecule has 3 rings (SSSR count). The van der Waals surface area contributed by atoms with Crippen LogP contribution in [0.5, 0.6) is 0 Å². The van der Waals surface area contributed by atoms with Crippen molar-refractivity contribution in [3.8, 4) is 0 Å². The summed E-state index contributed by atoms with van der Waals surface area (Å²) >= 11 is 0. The topological polar surface area (TPSA) is 66.5 Å². The van der Waals surface area contributed by atoms with Crippen LogP contribution in [0.25, 0.3) is 0 Å². The number of carbonyl (C=O) groups is 1. The molecule has 156 valence electrons. The zero-order valence-corrected chi connectivity index (χ0v) is 18.2. The highest BCUT2D eigenvalue weighted by Gasteiger charge is 2.23. The van der Waals surface area contributed by atoms with Gasteiger partial charge in [-0.3, -0.25) is 9.10 Å². The quantitative estimate of drug-likeness (QED) is 0.626. The highest BCUT2D eigenvalue weighted by atomic mass is 32.2. The Hall–Kier alpha value is -3.12. The van der Waals surface area contributed by atoms with Crippen molar-refractivity contribution in [1.82, 2.24) is 5.32 Å². The first-order valence-corrected chi connectivity index (χ1v) is 11.5. The molecule has 0 saturated carbocycles. The van der Waals surface area contributed by atoms with E-state index in [2.05, 4.69) is 5.32 Å². The number of benzene rings is 3. The Morgan fingerprint density at radius 3 is 2.10 bits per heavy atom. The number of sulfonamides is 1. The van der Waals surface area contributed by atoms with Crippen molar-refractivity contribution >= 4 is 21.6 Å². The van der Waals surface area contributed by atoms with Crippen LogP contribution in [-0.2, 0) is 14.8 Å². The fraction of sp³-hybridized carbons (Fsp3) is 0.208. The number of aryl methyl sites for hydroxylation is 2. The molecule has 0 aliphatic carbocycles. The molecule has 1 amide bonds. The monoisotopic (exact) mass is 422 g/mol. The average molecular weight is 423 g/mol. The molecule has 5 nitrogen and oxygen atoms in total. The van der Waals surface area contributed by atoms with Gasteiger partial charge in [0.15, 0.2) is 0 Å². The Labute approximate surface area is 178 Å². The SMILES string of the molecule is Cc1ccc(C(NC(=O)CN(c2cccc(C)c2)S(C)(=O)=O)c2ccccc2)cc1. The number of nitrogens with one attached hydrogen (secondary N) is 1. The van der Waals surface area contributed by atoms with E-state index in [9.17, 15) is 13.2 Å². The Kier molecular flexibility index (Phi) is 6.57. The van der Waals surface area contributed by atoms with Crippen molar-refractivity contribution in [3.05, 3.63) is 101 Å². The molecular weight excluding hydrogens is 396 g/mol. The Morgan fingerprint density at radius 1 is 0.867 bits per heavy atom. The highest BCUT2D eigenvalue weighted by Crippen LogP contribution is 2.23. The summed E-state index contributed by atoms with van der Waals surface area (Å²) in [6.45, 7) is 3.59. The molecule has 0 bridgehead atoms. The van der Waals surface area contributed by atoms with Crippen LogP contribution in [-0.4, -0.2) is 27.1 Å². The molecule has 1 atom stereocenters. The third-order valence-corrected chi connectivity index (χ3v) is 5.97. The lowest BCUT2D eigenvalue weighted by molar-refractivity contribution is -0.120. The predicted molar refractivity (Wildman–Crippen MR) is 121 cm³/mol. The molecule has 0 spiro atoms. The van der Waals surface area contributed by atoms with Crippen LogP contribution in [0.15, 0.2) is 78.9 Å².